The third-order valence-corrected chi connectivity index (χ3v) is 3.98. The lowest BCUT2D eigenvalue weighted by molar-refractivity contribution is 0.217. The molecule has 1 aliphatic heterocycles. The van der Waals surface area contributed by atoms with Gasteiger partial charge in [0.05, 0.1) is 12.0 Å². The Labute approximate surface area is 104 Å². The molecular formula is C15H20N2. The van der Waals surface area contributed by atoms with E-state index >= 15 is 0 Å². The Morgan fingerprint density at radius 1 is 1.35 bits per heavy atom. The SMILES string of the molecule is Cc1ccccc1N1CCC(C)(C)C(C#N)C1. The number of aryl methyl sites for hydroxylation is 1. The van der Waals surface area contributed by atoms with Crippen molar-refractivity contribution in [1.82, 2.24) is 0 Å². The van der Waals surface area contributed by atoms with Gasteiger partial charge in [-0.05, 0) is 30.4 Å². The quantitative estimate of drug-likeness (QED) is 0.737. The Bertz CT molecular complexity index is 442. The molecule has 0 aromatic heterocycles. The summed E-state index contributed by atoms with van der Waals surface area (Å²) < 4.78 is 0. The zero-order chi connectivity index (χ0) is 12.5. The summed E-state index contributed by atoms with van der Waals surface area (Å²) in [4.78, 5) is 2.36. The van der Waals surface area contributed by atoms with Crippen LogP contribution in [0.3, 0.4) is 0 Å². The smallest absolute Gasteiger partial charge is 0.0690 e. The molecule has 0 bridgehead atoms. The lowest BCUT2D eigenvalue weighted by atomic mass is 9.74. The summed E-state index contributed by atoms with van der Waals surface area (Å²) in [5.41, 5.74) is 2.72. The molecule has 1 aliphatic rings. The van der Waals surface area contributed by atoms with Crippen LogP contribution in [0.15, 0.2) is 24.3 Å². The molecule has 0 spiro atoms. The summed E-state index contributed by atoms with van der Waals surface area (Å²) in [6, 6.07) is 10.9. The Morgan fingerprint density at radius 2 is 2.06 bits per heavy atom. The molecule has 0 amide bonds. The van der Waals surface area contributed by atoms with Crippen LogP contribution in [0.4, 0.5) is 5.69 Å². The van der Waals surface area contributed by atoms with Crippen LogP contribution in [-0.4, -0.2) is 13.1 Å². The number of nitrogens with zero attached hydrogens (tertiary/aromatic N) is 2. The number of anilines is 1. The summed E-state index contributed by atoms with van der Waals surface area (Å²) in [7, 11) is 0. The molecule has 2 rings (SSSR count). The number of hydrogen-bond donors (Lipinski definition) is 0. The molecule has 90 valence electrons. The fourth-order valence-electron chi connectivity index (χ4n) is 2.51. The molecule has 1 saturated heterocycles. The van der Waals surface area contributed by atoms with Gasteiger partial charge in [-0.1, -0.05) is 32.0 Å². The molecule has 1 aromatic rings. The molecule has 0 N–H and O–H groups in total. The van der Waals surface area contributed by atoms with E-state index in [-0.39, 0.29) is 11.3 Å². The third kappa shape index (κ3) is 2.29. The number of hydrogen-bond acceptors (Lipinski definition) is 2. The van der Waals surface area contributed by atoms with Crippen molar-refractivity contribution in [2.45, 2.75) is 27.2 Å². The van der Waals surface area contributed by atoms with Crippen LogP contribution in [0.5, 0.6) is 0 Å². The lowest BCUT2D eigenvalue weighted by Crippen LogP contribution is -2.44. The minimum Gasteiger partial charge on any atom is -0.370 e. The second-order valence-electron chi connectivity index (χ2n) is 5.65. The molecule has 1 heterocycles. The van der Waals surface area contributed by atoms with Gasteiger partial charge in [-0.3, -0.25) is 0 Å². The molecule has 0 saturated carbocycles. The minimum absolute atomic E-state index is 0.121. The second-order valence-corrected chi connectivity index (χ2v) is 5.65. The summed E-state index contributed by atoms with van der Waals surface area (Å²) in [6.45, 7) is 8.45. The Kier molecular flexibility index (Phi) is 3.11. The van der Waals surface area contributed by atoms with Gasteiger partial charge < -0.3 is 4.90 Å². The van der Waals surface area contributed by atoms with Crippen LogP contribution in [0, 0.1) is 29.6 Å². The number of para-hydroxylation sites is 1. The van der Waals surface area contributed by atoms with Crippen molar-refractivity contribution in [3.8, 4) is 6.07 Å². The van der Waals surface area contributed by atoms with E-state index in [9.17, 15) is 5.26 Å². The molecule has 0 radical (unpaired) electrons. The Hall–Kier alpha value is -1.49. The highest BCUT2D eigenvalue weighted by Crippen LogP contribution is 2.37. The maximum atomic E-state index is 9.28. The minimum atomic E-state index is 0.121. The van der Waals surface area contributed by atoms with Gasteiger partial charge in [-0.25, -0.2) is 0 Å². The topological polar surface area (TPSA) is 27.0 Å². The molecule has 1 aromatic carbocycles. The van der Waals surface area contributed by atoms with E-state index in [0.29, 0.717) is 0 Å². The van der Waals surface area contributed by atoms with Gasteiger partial charge in [-0.2, -0.15) is 5.26 Å². The molecule has 1 unspecified atom stereocenters. The monoisotopic (exact) mass is 228 g/mol. The maximum absolute atomic E-state index is 9.28. The van der Waals surface area contributed by atoms with E-state index in [4.69, 9.17) is 0 Å². The summed E-state index contributed by atoms with van der Waals surface area (Å²) in [5, 5.41) is 9.28. The van der Waals surface area contributed by atoms with Gasteiger partial charge >= 0.3 is 0 Å². The van der Waals surface area contributed by atoms with Gasteiger partial charge in [-0.15, -0.1) is 0 Å². The van der Waals surface area contributed by atoms with Crippen molar-refractivity contribution in [3.05, 3.63) is 29.8 Å². The summed E-state index contributed by atoms with van der Waals surface area (Å²) >= 11 is 0. The normalized spacial score (nSPS) is 23.2. The van der Waals surface area contributed by atoms with Crippen molar-refractivity contribution in [1.29, 1.82) is 5.26 Å². The van der Waals surface area contributed by atoms with Crippen LogP contribution < -0.4 is 4.90 Å². The fourth-order valence-corrected chi connectivity index (χ4v) is 2.51. The highest BCUT2D eigenvalue weighted by molar-refractivity contribution is 5.53. The largest absolute Gasteiger partial charge is 0.370 e. The average molecular weight is 228 g/mol. The lowest BCUT2D eigenvalue weighted by Gasteiger charge is -2.42. The zero-order valence-corrected chi connectivity index (χ0v) is 10.9. The van der Waals surface area contributed by atoms with Crippen LogP contribution in [0.2, 0.25) is 0 Å². The van der Waals surface area contributed by atoms with Crippen LogP contribution in [-0.2, 0) is 0 Å². The van der Waals surface area contributed by atoms with Gasteiger partial charge in [0.2, 0.25) is 0 Å². The third-order valence-electron chi connectivity index (χ3n) is 3.98. The van der Waals surface area contributed by atoms with Crippen molar-refractivity contribution >= 4 is 5.69 Å². The van der Waals surface area contributed by atoms with E-state index in [0.717, 1.165) is 19.5 Å². The standard InChI is InChI=1S/C15H20N2/c1-12-6-4-5-7-14(12)17-9-8-15(2,3)13(10-16)11-17/h4-7,13H,8-9,11H2,1-3H3. The predicted octanol–water partition coefficient (Wildman–Crippen LogP) is 3.37. The van der Waals surface area contributed by atoms with Crippen molar-refractivity contribution in [2.24, 2.45) is 11.3 Å². The first-order valence-electron chi connectivity index (χ1n) is 6.25. The van der Waals surface area contributed by atoms with Gasteiger partial charge in [0, 0.05) is 18.8 Å². The van der Waals surface area contributed by atoms with E-state index < -0.39 is 0 Å². The fraction of sp³-hybridized carbons (Fsp3) is 0.533. The first-order valence-corrected chi connectivity index (χ1v) is 6.25. The van der Waals surface area contributed by atoms with Gasteiger partial charge in [0.25, 0.3) is 0 Å². The van der Waals surface area contributed by atoms with Crippen molar-refractivity contribution in [3.63, 3.8) is 0 Å². The van der Waals surface area contributed by atoms with E-state index in [1.54, 1.807) is 0 Å². The Morgan fingerprint density at radius 3 is 2.71 bits per heavy atom. The average Bonchev–Trinajstić information content (AvgIpc) is 2.30. The van der Waals surface area contributed by atoms with Gasteiger partial charge in [0.1, 0.15) is 0 Å². The predicted molar refractivity (Wildman–Crippen MR) is 70.9 cm³/mol. The highest BCUT2D eigenvalue weighted by Gasteiger charge is 2.35. The molecule has 2 nitrogen and oxygen atoms in total. The molecule has 1 atom stereocenters. The molecule has 17 heavy (non-hydrogen) atoms. The first kappa shape index (κ1) is 12.0. The van der Waals surface area contributed by atoms with E-state index in [1.807, 2.05) is 0 Å². The molecule has 2 heteroatoms. The van der Waals surface area contributed by atoms with Crippen LogP contribution in [0.25, 0.3) is 0 Å². The van der Waals surface area contributed by atoms with Gasteiger partial charge in [0.15, 0.2) is 0 Å². The van der Waals surface area contributed by atoms with Crippen LogP contribution >= 0.6 is 0 Å². The van der Waals surface area contributed by atoms with Crippen molar-refractivity contribution in [2.75, 3.05) is 18.0 Å². The maximum Gasteiger partial charge on any atom is 0.0690 e. The van der Waals surface area contributed by atoms with Crippen molar-refractivity contribution < 1.29 is 0 Å². The molecule has 0 aliphatic carbocycles. The summed E-state index contributed by atoms with van der Waals surface area (Å²) in [5.74, 6) is 0.121. The summed E-state index contributed by atoms with van der Waals surface area (Å²) in [6.07, 6.45) is 1.08. The van der Waals surface area contributed by atoms with E-state index in [1.165, 1.54) is 11.3 Å². The number of rotatable bonds is 1. The molecule has 1 fully saturated rings. The number of piperidine rings is 1. The zero-order valence-electron chi connectivity index (χ0n) is 10.9. The number of benzene rings is 1. The second kappa shape index (κ2) is 4.41. The van der Waals surface area contributed by atoms with Crippen LogP contribution in [0.1, 0.15) is 25.8 Å². The van der Waals surface area contributed by atoms with E-state index in [2.05, 4.69) is 56.0 Å². The first-order chi connectivity index (χ1) is 8.04. The highest BCUT2D eigenvalue weighted by atomic mass is 15.1. The number of nitriles is 1. The Balaban J connectivity index is 2.22. The molecular weight excluding hydrogens is 208 g/mol.